The highest BCUT2D eigenvalue weighted by atomic mass is 32.2. The van der Waals surface area contributed by atoms with Gasteiger partial charge in [0.05, 0.1) is 17.0 Å². The predicted octanol–water partition coefficient (Wildman–Crippen LogP) is 4.02. The molecule has 0 saturated carbocycles. The van der Waals surface area contributed by atoms with E-state index >= 15 is 0 Å². The Kier molecular flexibility index (Phi) is 8.23. The minimum Gasteiger partial charge on any atom is -0.486 e. The van der Waals surface area contributed by atoms with Crippen molar-refractivity contribution in [1.29, 1.82) is 0 Å². The maximum atomic E-state index is 12.9. The third-order valence-corrected chi connectivity index (χ3v) is 8.66. The molecule has 1 aliphatic rings. The monoisotopic (exact) mass is 540 g/mol. The zero-order valence-electron chi connectivity index (χ0n) is 22.0. The molecule has 38 heavy (non-hydrogen) atoms. The molecular formula is C28H32N2O7S. The van der Waals surface area contributed by atoms with Crippen molar-refractivity contribution in [3.8, 4) is 11.5 Å². The Labute approximate surface area is 223 Å². The molecule has 0 saturated heterocycles. The lowest BCUT2D eigenvalue weighted by atomic mass is 10.1. The van der Waals surface area contributed by atoms with E-state index in [1.807, 2.05) is 42.7 Å². The SMILES string of the molecule is CCN(CC)S(=O)(=O)c1ccc(C(=O)OCC(=O)c2cc(C)n(CC3COc4ccccc4O3)c2C)cc1. The third kappa shape index (κ3) is 5.61. The second-order valence-corrected chi connectivity index (χ2v) is 10.9. The highest BCUT2D eigenvalue weighted by Crippen LogP contribution is 2.31. The van der Waals surface area contributed by atoms with Crippen LogP contribution in [0.25, 0.3) is 0 Å². The van der Waals surface area contributed by atoms with Crippen molar-refractivity contribution in [3.63, 3.8) is 0 Å². The number of Topliss-reactive ketones (excluding diaryl/α,β-unsaturated/α-hetero) is 1. The summed E-state index contributed by atoms with van der Waals surface area (Å²) in [4.78, 5) is 25.6. The van der Waals surface area contributed by atoms with E-state index in [0.29, 0.717) is 43.3 Å². The number of ketones is 1. The fourth-order valence-electron chi connectivity index (χ4n) is 4.49. The van der Waals surface area contributed by atoms with Crippen LogP contribution in [0.2, 0.25) is 0 Å². The predicted molar refractivity (Wildman–Crippen MR) is 141 cm³/mol. The number of carbonyl (C=O) groups excluding carboxylic acids is 2. The summed E-state index contributed by atoms with van der Waals surface area (Å²) in [6.45, 7) is 8.43. The van der Waals surface area contributed by atoms with Crippen LogP contribution in [0.5, 0.6) is 11.5 Å². The van der Waals surface area contributed by atoms with E-state index in [9.17, 15) is 18.0 Å². The lowest BCUT2D eigenvalue weighted by Crippen LogP contribution is -2.33. The molecule has 0 spiro atoms. The molecule has 1 atom stereocenters. The van der Waals surface area contributed by atoms with Gasteiger partial charge in [0.1, 0.15) is 6.61 Å². The number of aryl methyl sites for hydroxylation is 1. The van der Waals surface area contributed by atoms with Gasteiger partial charge in [-0.05, 0) is 56.3 Å². The molecule has 10 heteroatoms. The Morgan fingerprint density at radius 2 is 1.68 bits per heavy atom. The number of ether oxygens (including phenoxy) is 3. The number of rotatable bonds is 10. The Morgan fingerprint density at radius 1 is 1.03 bits per heavy atom. The molecule has 2 aromatic carbocycles. The molecule has 2 heterocycles. The van der Waals surface area contributed by atoms with E-state index < -0.39 is 22.6 Å². The van der Waals surface area contributed by atoms with Gasteiger partial charge in [-0.15, -0.1) is 0 Å². The van der Waals surface area contributed by atoms with Crippen molar-refractivity contribution in [2.45, 2.75) is 45.2 Å². The molecule has 0 N–H and O–H groups in total. The maximum Gasteiger partial charge on any atom is 0.338 e. The molecule has 1 aromatic heterocycles. The van der Waals surface area contributed by atoms with Crippen molar-refractivity contribution < 1.29 is 32.2 Å². The van der Waals surface area contributed by atoms with Crippen molar-refractivity contribution in [1.82, 2.24) is 8.87 Å². The van der Waals surface area contributed by atoms with E-state index in [4.69, 9.17) is 14.2 Å². The van der Waals surface area contributed by atoms with Gasteiger partial charge < -0.3 is 18.8 Å². The number of para-hydroxylation sites is 2. The normalized spacial score (nSPS) is 14.9. The Hall–Kier alpha value is -3.63. The summed E-state index contributed by atoms with van der Waals surface area (Å²) in [5.41, 5.74) is 2.26. The molecule has 0 aliphatic carbocycles. The molecule has 0 amide bonds. The summed E-state index contributed by atoms with van der Waals surface area (Å²) < 4.78 is 45.7. The van der Waals surface area contributed by atoms with Gasteiger partial charge in [-0.3, -0.25) is 4.79 Å². The molecule has 202 valence electrons. The fourth-order valence-corrected chi connectivity index (χ4v) is 5.95. The van der Waals surface area contributed by atoms with E-state index in [0.717, 1.165) is 11.4 Å². The van der Waals surface area contributed by atoms with Gasteiger partial charge in [-0.1, -0.05) is 26.0 Å². The van der Waals surface area contributed by atoms with Crippen molar-refractivity contribution in [2.75, 3.05) is 26.3 Å². The van der Waals surface area contributed by atoms with Crippen LogP contribution in [0.15, 0.2) is 59.5 Å². The van der Waals surface area contributed by atoms with E-state index in [1.54, 1.807) is 19.9 Å². The van der Waals surface area contributed by atoms with Crippen LogP contribution in [0.1, 0.15) is 46.0 Å². The molecule has 0 fully saturated rings. The Bertz CT molecular complexity index is 1420. The molecule has 0 bridgehead atoms. The molecule has 0 radical (unpaired) electrons. The number of aromatic nitrogens is 1. The number of esters is 1. The molecule has 1 unspecified atom stereocenters. The largest absolute Gasteiger partial charge is 0.486 e. The van der Waals surface area contributed by atoms with Crippen molar-refractivity contribution in [2.24, 2.45) is 0 Å². The smallest absolute Gasteiger partial charge is 0.338 e. The number of sulfonamides is 1. The summed E-state index contributed by atoms with van der Waals surface area (Å²) in [6.07, 6.45) is -0.219. The first-order valence-electron chi connectivity index (χ1n) is 12.5. The van der Waals surface area contributed by atoms with Crippen LogP contribution in [0.3, 0.4) is 0 Å². The summed E-state index contributed by atoms with van der Waals surface area (Å²) in [6, 6.07) is 14.8. The van der Waals surface area contributed by atoms with Crippen molar-refractivity contribution >= 4 is 21.8 Å². The maximum absolute atomic E-state index is 12.9. The lowest BCUT2D eigenvalue weighted by Gasteiger charge is -2.27. The average Bonchev–Trinajstić information content (AvgIpc) is 3.20. The van der Waals surface area contributed by atoms with Crippen LogP contribution < -0.4 is 9.47 Å². The fraction of sp³-hybridized carbons (Fsp3) is 0.357. The topological polar surface area (TPSA) is 104 Å². The first-order valence-corrected chi connectivity index (χ1v) is 13.9. The highest BCUT2D eigenvalue weighted by molar-refractivity contribution is 7.89. The second kappa shape index (κ2) is 11.4. The van der Waals surface area contributed by atoms with Gasteiger partial charge in [0.15, 0.2) is 24.2 Å². The van der Waals surface area contributed by atoms with E-state index in [2.05, 4.69) is 0 Å². The quantitative estimate of drug-likeness (QED) is 0.283. The lowest BCUT2D eigenvalue weighted by molar-refractivity contribution is 0.0474. The molecule has 3 aromatic rings. The van der Waals surface area contributed by atoms with Crippen LogP contribution in [-0.4, -0.2) is 61.4 Å². The van der Waals surface area contributed by atoms with E-state index in [-0.39, 0.29) is 22.3 Å². The molecule has 4 rings (SSSR count). The van der Waals surface area contributed by atoms with Gasteiger partial charge >= 0.3 is 5.97 Å². The van der Waals surface area contributed by atoms with Crippen LogP contribution >= 0.6 is 0 Å². The van der Waals surface area contributed by atoms with Crippen LogP contribution in [0.4, 0.5) is 0 Å². The average molecular weight is 541 g/mol. The summed E-state index contributed by atoms with van der Waals surface area (Å²) in [5.74, 6) is 0.366. The molecular weight excluding hydrogens is 508 g/mol. The van der Waals surface area contributed by atoms with Gasteiger partial charge in [0.25, 0.3) is 0 Å². The number of hydrogen-bond acceptors (Lipinski definition) is 7. The number of benzene rings is 2. The standard InChI is InChI=1S/C28H32N2O7S/c1-5-29(6-2)38(33,34)23-13-11-21(12-14-23)28(32)36-18-25(31)24-15-19(3)30(20(24)4)16-22-17-35-26-9-7-8-10-27(26)37-22/h7-15,22H,5-6,16-18H2,1-4H3. The van der Waals surface area contributed by atoms with Gasteiger partial charge in [0, 0.05) is 30.0 Å². The second-order valence-electron chi connectivity index (χ2n) is 9.01. The minimum absolute atomic E-state index is 0.0945. The Balaban J connectivity index is 1.38. The van der Waals surface area contributed by atoms with Gasteiger partial charge in [-0.2, -0.15) is 4.31 Å². The first-order chi connectivity index (χ1) is 18.1. The third-order valence-electron chi connectivity index (χ3n) is 6.60. The summed E-state index contributed by atoms with van der Waals surface area (Å²) in [7, 11) is -3.63. The van der Waals surface area contributed by atoms with Gasteiger partial charge in [-0.25, -0.2) is 13.2 Å². The zero-order chi connectivity index (χ0) is 27.4. The van der Waals surface area contributed by atoms with Crippen LogP contribution in [-0.2, 0) is 21.3 Å². The van der Waals surface area contributed by atoms with E-state index in [1.165, 1.54) is 28.6 Å². The molecule has 9 nitrogen and oxygen atoms in total. The first kappa shape index (κ1) is 27.4. The van der Waals surface area contributed by atoms with Crippen LogP contribution in [0, 0.1) is 13.8 Å². The number of hydrogen-bond donors (Lipinski definition) is 0. The van der Waals surface area contributed by atoms with Crippen molar-refractivity contribution in [3.05, 3.63) is 77.1 Å². The summed E-state index contributed by atoms with van der Waals surface area (Å²) in [5, 5.41) is 0. The summed E-state index contributed by atoms with van der Waals surface area (Å²) >= 11 is 0. The number of nitrogens with zero attached hydrogens (tertiary/aromatic N) is 2. The van der Waals surface area contributed by atoms with Gasteiger partial charge in [0.2, 0.25) is 15.8 Å². The highest BCUT2D eigenvalue weighted by Gasteiger charge is 2.25. The molecule has 1 aliphatic heterocycles. The minimum atomic E-state index is -3.63. The zero-order valence-corrected chi connectivity index (χ0v) is 22.8. The Morgan fingerprint density at radius 3 is 2.34 bits per heavy atom. The number of fused-ring (bicyclic) bond motifs is 1. The number of carbonyl (C=O) groups is 2.